The summed E-state index contributed by atoms with van der Waals surface area (Å²) < 4.78 is 0. The monoisotopic (exact) mass is 293 g/mol. The molecule has 1 aliphatic heterocycles. The number of nitrogens with zero attached hydrogens (tertiary/aromatic N) is 3. The van der Waals surface area contributed by atoms with E-state index < -0.39 is 0 Å². The lowest BCUT2D eigenvalue weighted by Crippen LogP contribution is -2.34. The van der Waals surface area contributed by atoms with Gasteiger partial charge >= 0.3 is 0 Å². The molecule has 3 nitrogen and oxygen atoms in total. The third kappa shape index (κ3) is 2.13. The van der Waals surface area contributed by atoms with Crippen LogP contribution >= 0.6 is 22.9 Å². The van der Waals surface area contributed by atoms with Crippen LogP contribution in [0.3, 0.4) is 0 Å². The highest BCUT2D eigenvalue weighted by atomic mass is 35.5. The number of aromatic nitrogens is 2. The number of aryl methyl sites for hydroxylation is 1. The molecule has 0 N–H and O–H groups in total. The fourth-order valence-electron chi connectivity index (χ4n) is 2.48. The van der Waals surface area contributed by atoms with Crippen LogP contribution in [-0.4, -0.2) is 16.5 Å². The summed E-state index contributed by atoms with van der Waals surface area (Å²) in [4.78, 5) is 12.7. The molecule has 5 heteroatoms. The van der Waals surface area contributed by atoms with E-state index in [0.29, 0.717) is 11.2 Å². The number of rotatable bonds is 1. The van der Waals surface area contributed by atoms with Gasteiger partial charge in [0.2, 0.25) is 5.95 Å². The van der Waals surface area contributed by atoms with Crippen LogP contribution in [0, 0.1) is 13.8 Å². The van der Waals surface area contributed by atoms with E-state index in [0.717, 1.165) is 30.2 Å². The van der Waals surface area contributed by atoms with Gasteiger partial charge in [-0.3, -0.25) is 0 Å². The molecule has 2 aromatic rings. The summed E-state index contributed by atoms with van der Waals surface area (Å²) in [5.41, 5.74) is 3.38. The molecule has 1 aliphatic rings. The molecule has 100 valence electrons. The molecule has 2 aromatic heterocycles. The molecule has 0 radical (unpaired) electrons. The van der Waals surface area contributed by atoms with Crippen molar-refractivity contribution in [3.05, 3.63) is 38.3 Å². The molecule has 3 rings (SSSR count). The maximum atomic E-state index is 6.19. The second kappa shape index (κ2) is 4.76. The zero-order valence-electron chi connectivity index (χ0n) is 11.3. The summed E-state index contributed by atoms with van der Waals surface area (Å²) >= 11 is 8.00. The molecule has 0 bridgehead atoms. The van der Waals surface area contributed by atoms with Crippen molar-refractivity contribution in [1.82, 2.24) is 9.97 Å². The van der Waals surface area contributed by atoms with Crippen LogP contribution in [0.4, 0.5) is 5.95 Å². The zero-order valence-corrected chi connectivity index (χ0v) is 12.8. The van der Waals surface area contributed by atoms with Gasteiger partial charge in [-0.25, -0.2) is 9.97 Å². The van der Waals surface area contributed by atoms with Crippen molar-refractivity contribution < 1.29 is 0 Å². The van der Waals surface area contributed by atoms with Crippen molar-refractivity contribution in [2.24, 2.45) is 0 Å². The standard InChI is InChI=1S/C14H16ClN3S/c1-8-9(2)16-14(17-13(8)15)18-6-4-11-5-7-19-12(11)10(18)3/h5,7,10H,4,6H2,1-3H3. The van der Waals surface area contributed by atoms with Crippen LogP contribution in [-0.2, 0) is 6.42 Å². The molecule has 0 aliphatic carbocycles. The molecule has 1 unspecified atom stereocenters. The van der Waals surface area contributed by atoms with Gasteiger partial charge < -0.3 is 4.90 Å². The van der Waals surface area contributed by atoms with Crippen LogP contribution in [0.5, 0.6) is 0 Å². The van der Waals surface area contributed by atoms with E-state index in [1.165, 1.54) is 10.4 Å². The Morgan fingerprint density at radius 1 is 1.37 bits per heavy atom. The van der Waals surface area contributed by atoms with Crippen molar-refractivity contribution in [2.75, 3.05) is 11.4 Å². The first-order valence-electron chi connectivity index (χ1n) is 6.41. The fraction of sp³-hybridized carbons (Fsp3) is 0.429. The minimum Gasteiger partial charge on any atom is -0.333 e. The van der Waals surface area contributed by atoms with Crippen LogP contribution in [0.2, 0.25) is 5.15 Å². The van der Waals surface area contributed by atoms with Crippen molar-refractivity contribution in [2.45, 2.75) is 33.2 Å². The molecule has 19 heavy (non-hydrogen) atoms. The SMILES string of the molecule is Cc1nc(N2CCc3ccsc3C2C)nc(Cl)c1C. The average molecular weight is 294 g/mol. The Morgan fingerprint density at radius 3 is 2.89 bits per heavy atom. The van der Waals surface area contributed by atoms with Gasteiger partial charge in [-0.05, 0) is 44.2 Å². The van der Waals surface area contributed by atoms with E-state index in [9.17, 15) is 0 Å². The summed E-state index contributed by atoms with van der Waals surface area (Å²) in [7, 11) is 0. The fourth-order valence-corrected chi connectivity index (χ4v) is 3.72. The Bertz CT molecular complexity index is 600. The summed E-state index contributed by atoms with van der Waals surface area (Å²) in [6.45, 7) is 7.10. The highest BCUT2D eigenvalue weighted by Crippen LogP contribution is 2.35. The van der Waals surface area contributed by atoms with Gasteiger partial charge in [0.05, 0.1) is 6.04 Å². The van der Waals surface area contributed by atoms with Gasteiger partial charge in [0.1, 0.15) is 5.15 Å². The normalized spacial score (nSPS) is 18.5. The number of anilines is 1. The molecule has 0 spiro atoms. The third-order valence-corrected chi connectivity index (χ3v) is 5.32. The van der Waals surface area contributed by atoms with Crippen LogP contribution in [0.15, 0.2) is 11.4 Å². The Labute approximate surface area is 122 Å². The highest BCUT2D eigenvalue weighted by molar-refractivity contribution is 7.10. The lowest BCUT2D eigenvalue weighted by Gasteiger charge is -2.33. The maximum absolute atomic E-state index is 6.19. The average Bonchev–Trinajstić information content (AvgIpc) is 2.85. The smallest absolute Gasteiger partial charge is 0.227 e. The highest BCUT2D eigenvalue weighted by Gasteiger charge is 2.27. The van der Waals surface area contributed by atoms with E-state index in [1.807, 2.05) is 25.2 Å². The van der Waals surface area contributed by atoms with E-state index >= 15 is 0 Å². The molecular weight excluding hydrogens is 278 g/mol. The number of hydrogen-bond acceptors (Lipinski definition) is 4. The molecule has 0 fully saturated rings. The van der Waals surface area contributed by atoms with Gasteiger partial charge in [0.25, 0.3) is 0 Å². The molecule has 0 amide bonds. The lowest BCUT2D eigenvalue weighted by atomic mass is 10.0. The van der Waals surface area contributed by atoms with Gasteiger partial charge in [0.15, 0.2) is 0 Å². The summed E-state index contributed by atoms with van der Waals surface area (Å²) in [6.07, 6.45) is 1.05. The summed E-state index contributed by atoms with van der Waals surface area (Å²) in [6, 6.07) is 2.55. The number of thiophene rings is 1. The van der Waals surface area contributed by atoms with Gasteiger partial charge in [0, 0.05) is 22.7 Å². The Morgan fingerprint density at radius 2 is 2.16 bits per heavy atom. The largest absolute Gasteiger partial charge is 0.333 e. The van der Waals surface area contributed by atoms with Crippen molar-refractivity contribution in [3.63, 3.8) is 0 Å². The molecule has 0 saturated carbocycles. The van der Waals surface area contributed by atoms with Crippen molar-refractivity contribution in [1.29, 1.82) is 0 Å². The molecule has 0 aromatic carbocycles. The minimum absolute atomic E-state index is 0.321. The Kier molecular flexibility index (Phi) is 3.23. The van der Waals surface area contributed by atoms with Crippen molar-refractivity contribution >= 4 is 28.9 Å². The van der Waals surface area contributed by atoms with Crippen LogP contribution in [0.1, 0.15) is 34.7 Å². The van der Waals surface area contributed by atoms with Gasteiger partial charge in [-0.15, -0.1) is 11.3 Å². The lowest BCUT2D eigenvalue weighted by molar-refractivity contribution is 0.618. The molecular formula is C14H16ClN3S. The quantitative estimate of drug-likeness (QED) is 0.746. The van der Waals surface area contributed by atoms with E-state index in [4.69, 9.17) is 11.6 Å². The number of hydrogen-bond donors (Lipinski definition) is 0. The first-order valence-corrected chi connectivity index (χ1v) is 7.67. The van der Waals surface area contributed by atoms with Crippen LogP contribution < -0.4 is 4.90 Å². The minimum atomic E-state index is 0.321. The third-order valence-electron chi connectivity index (χ3n) is 3.82. The molecule has 3 heterocycles. The van der Waals surface area contributed by atoms with E-state index in [2.05, 4.69) is 33.2 Å². The zero-order chi connectivity index (χ0) is 13.6. The van der Waals surface area contributed by atoms with Gasteiger partial charge in [-0.1, -0.05) is 11.6 Å². The first-order chi connectivity index (χ1) is 9.08. The predicted octanol–water partition coefficient (Wildman–Crippen LogP) is 3.93. The summed E-state index contributed by atoms with van der Waals surface area (Å²) in [5.74, 6) is 0.750. The number of fused-ring (bicyclic) bond motifs is 1. The summed E-state index contributed by atoms with van der Waals surface area (Å²) in [5, 5.41) is 2.73. The molecule has 0 saturated heterocycles. The predicted molar refractivity (Wildman–Crippen MR) is 80.3 cm³/mol. The van der Waals surface area contributed by atoms with Crippen LogP contribution in [0.25, 0.3) is 0 Å². The Hall–Kier alpha value is -1.13. The number of halogens is 1. The second-order valence-electron chi connectivity index (χ2n) is 4.95. The van der Waals surface area contributed by atoms with E-state index in [-0.39, 0.29) is 0 Å². The topological polar surface area (TPSA) is 29.0 Å². The van der Waals surface area contributed by atoms with Gasteiger partial charge in [-0.2, -0.15) is 0 Å². The first kappa shape index (κ1) is 12.9. The van der Waals surface area contributed by atoms with Crippen molar-refractivity contribution in [3.8, 4) is 0 Å². The molecule has 1 atom stereocenters. The second-order valence-corrected chi connectivity index (χ2v) is 6.26. The van der Waals surface area contributed by atoms with E-state index in [1.54, 1.807) is 0 Å². The maximum Gasteiger partial charge on any atom is 0.227 e. The Balaban J connectivity index is 2.00.